The first-order chi connectivity index (χ1) is 7.65. The van der Waals surface area contributed by atoms with Crippen LogP contribution in [0.25, 0.3) is 0 Å². The smallest absolute Gasteiger partial charge is 0.287 e. The maximum atomic E-state index is 11.6. The minimum absolute atomic E-state index is 0.253. The molecule has 0 fully saturated rings. The maximum Gasteiger partial charge on any atom is 0.287 e. The highest BCUT2D eigenvalue weighted by atomic mass is 79.9. The van der Waals surface area contributed by atoms with E-state index in [1.54, 1.807) is 30.2 Å². The van der Waals surface area contributed by atoms with Gasteiger partial charge >= 0.3 is 0 Å². The highest BCUT2D eigenvalue weighted by molar-refractivity contribution is 9.10. The molecule has 0 saturated carbocycles. The largest absolute Gasteiger partial charge is 0.444 e. The number of halogens is 1. The van der Waals surface area contributed by atoms with E-state index in [4.69, 9.17) is 4.42 Å². The number of aryl methyl sites for hydroxylation is 1. The summed E-state index contributed by atoms with van der Waals surface area (Å²) in [4.78, 5) is 15.5. The van der Waals surface area contributed by atoms with Crippen LogP contribution in [-0.2, 0) is 13.6 Å². The Morgan fingerprint density at radius 1 is 1.62 bits per heavy atom. The maximum absolute atomic E-state index is 11.6. The van der Waals surface area contributed by atoms with Gasteiger partial charge in [0.2, 0.25) is 0 Å². The fraction of sp³-hybridized carbons (Fsp3) is 0.222. The van der Waals surface area contributed by atoms with Crippen LogP contribution >= 0.6 is 15.9 Å². The molecule has 1 N–H and O–H groups in total. The van der Waals surface area contributed by atoms with Crippen molar-refractivity contribution in [2.75, 3.05) is 0 Å². The SMILES string of the molecule is Cn1cnc(CNC(=O)c2ccc(Br)o2)n1. The van der Waals surface area contributed by atoms with Gasteiger partial charge in [-0.05, 0) is 28.1 Å². The Morgan fingerprint density at radius 3 is 3.00 bits per heavy atom. The van der Waals surface area contributed by atoms with Gasteiger partial charge in [-0.1, -0.05) is 0 Å². The molecule has 0 aliphatic rings. The number of hydrogen-bond acceptors (Lipinski definition) is 4. The van der Waals surface area contributed by atoms with Crippen molar-refractivity contribution in [3.8, 4) is 0 Å². The Labute approximate surface area is 99.8 Å². The average Bonchev–Trinajstić information content (AvgIpc) is 2.84. The second-order valence-corrected chi connectivity index (χ2v) is 3.90. The van der Waals surface area contributed by atoms with Gasteiger partial charge in [0.1, 0.15) is 6.33 Å². The van der Waals surface area contributed by atoms with Crippen LogP contribution < -0.4 is 5.32 Å². The van der Waals surface area contributed by atoms with Crippen molar-refractivity contribution in [2.24, 2.45) is 7.05 Å². The van der Waals surface area contributed by atoms with Crippen LogP contribution in [0.5, 0.6) is 0 Å². The summed E-state index contributed by atoms with van der Waals surface area (Å²) in [5.74, 6) is 0.516. The number of amides is 1. The van der Waals surface area contributed by atoms with E-state index in [2.05, 4.69) is 31.3 Å². The fourth-order valence-corrected chi connectivity index (χ4v) is 1.45. The summed E-state index contributed by atoms with van der Waals surface area (Å²) >= 11 is 3.13. The summed E-state index contributed by atoms with van der Waals surface area (Å²) < 4.78 is 7.19. The molecule has 0 spiro atoms. The molecule has 0 unspecified atom stereocenters. The molecule has 0 aromatic carbocycles. The first-order valence-electron chi connectivity index (χ1n) is 4.53. The molecule has 0 saturated heterocycles. The van der Waals surface area contributed by atoms with Crippen LogP contribution in [0.15, 0.2) is 27.5 Å². The Morgan fingerprint density at radius 2 is 2.44 bits per heavy atom. The van der Waals surface area contributed by atoms with E-state index >= 15 is 0 Å². The van der Waals surface area contributed by atoms with E-state index in [-0.39, 0.29) is 18.2 Å². The van der Waals surface area contributed by atoms with Crippen molar-refractivity contribution < 1.29 is 9.21 Å². The molecule has 0 atom stereocenters. The third kappa shape index (κ3) is 2.48. The van der Waals surface area contributed by atoms with Crippen LogP contribution in [0.2, 0.25) is 0 Å². The Bertz CT molecular complexity index is 505. The molecule has 1 amide bonds. The zero-order valence-electron chi connectivity index (χ0n) is 8.48. The normalized spacial score (nSPS) is 10.4. The van der Waals surface area contributed by atoms with Crippen LogP contribution in [0, 0.1) is 0 Å². The number of nitrogens with one attached hydrogen (secondary N) is 1. The van der Waals surface area contributed by atoms with Crippen LogP contribution in [-0.4, -0.2) is 20.7 Å². The van der Waals surface area contributed by atoms with Gasteiger partial charge in [0, 0.05) is 7.05 Å². The highest BCUT2D eigenvalue weighted by Gasteiger charge is 2.10. The minimum atomic E-state index is -0.293. The minimum Gasteiger partial charge on any atom is -0.444 e. The number of carbonyl (C=O) groups is 1. The Kier molecular flexibility index (Phi) is 3.04. The molecule has 2 heterocycles. The average molecular weight is 285 g/mol. The Balaban J connectivity index is 1.93. The molecule has 7 heteroatoms. The molecule has 2 aromatic rings. The van der Waals surface area contributed by atoms with Crippen molar-refractivity contribution in [1.82, 2.24) is 20.1 Å². The van der Waals surface area contributed by atoms with E-state index in [1.165, 1.54) is 0 Å². The van der Waals surface area contributed by atoms with Gasteiger partial charge in [-0.3, -0.25) is 9.48 Å². The lowest BCUT2D eigenvalue weighted by Crippen LogP contribution is -2.23. The van der Waals surface area contributed by atoms with Crippen LogP contribution in [0.3, 0.4) is 0 Å². The molecule has 84 valence electrons. The number of nitrogens with zero attached hydrogens (tertiary/aromatic N) is 3. The summed E-state index contributed by atoms with van der Waals surface area (Å²) in [7, 11) is 1.77. The van der Waals surface area contributed by atoms with Crippen LogP contribution in [0.4, 0.5) is 0 Å². The second-order valence-electron chi connectivity index (χ2n) is 3.12. The van der Waals surface area contributed by atoms with E-state index < -0.39 is 0 Å². The van der Waals surface area contributed by atoms with Crippen molar-refractivity contribution in [2.45, 2.75) is 6.54 Å². The first kappa shape index (κ1) is 10.9. The molecular formula is C9H9BrN4O2. The zero-order valence-corrected chi connectivity index (χ0v) is 10.1. The quantitative estimate of drug-likeness (QED) is 0.916. The van der Waals surface area contributed by atoms with Crippen molar-refractivity contribution >= 4 is 21.8 Å². The highest BCUT2D eigenvalue weighted by Crippen LogP contribution is 2.13. The topological polar surface area (TPSA) is 73.0 Å². The summed E-state index contributed by atoms with van der Waals surface area (Å²) in [6, 6.07) is 3.25. The predicted molar refractivity (Wildman–Crippen MR) is 58.6 cm³/mol. The van der Waals surface area contributed by atoms with Gasteiger partial charge < -0.3 is 9.73 Å². The molecular weight excluding hydrogens is 276 g/mol. The van der Waals surface area contributed by atoms with Gasteiger partial charge in [0.15, 0.2) is 16.3 Å². The number of aromatic nitrogens is 3. The lowest BCUT2D eigenvalue weighted by molar-refractivity contribution is 0.0921. The van der Waals surface area contributed by atoms with E-state index in [1.807, 2.05) is 0 Å². The number of rotatable bonds is 3. The molecule has 0 bridgehead atoms. The molecule has 6 nitrogen and oxygen atoms in total. The van der Waals surface area contributed by atoms with Gasteiger partial charge in [-0.25, -0.2) is 4.98 Å². The Hall–Kier alpha value is -1.63. The van der Waals surface area contributed by atoms with E-state index in [9.17, 15) is 4.79 Å². The van der Waals surface area contributed by atoms with Crippen molar-refractivity contribution in [1.29, 1.82) is 0 Å². The number of hydrogen-bond donors (Lipinski definition) is 1. The third-order valence-corrected chi connectivity index (χ3v) is 2.28. The molecule has 0 aliphatic heterocycles. The predicted octanol–water partition coefficient (Wildman–Crippen LogP) is 1.10. The molecule has 0 aliphatic carbocycles. The zero-order chi connectivity index (χ0) is 11.5. The summed E-state index contributed by atoms with van der Waals surface area (Å²) in [6.07, 6.45) is 1.57. The van der Waals surface area contributed by atoms with E-state index in [0.29, 0.717) is 10.5 Å². The molecule has 0 radical (unpaired) electrons. The number of furan rings is 1. The van der Waals surface area contributed by atoms with E-state index in [0.717, 1.165) is 0 Å². The summed E-state index contributed by atoms with van der Waals surface area (Å²) in [5, 5.41) is 6.68. The summed E-state index contributed by atoms with van der Waals surface area (Å²) in [6.45, 7) is 0.276. The van der Waals surface area contributed by atoms with Crippen molar-refractivity contribution in [3.05, 3.63) is 34.7 Å². The first-order valence-corrected chi connectivity index (χ1v) is 5.32. The second kappa shape index (κ2) is 4.48. The van der Waals surface area contributed by atoms with Crippen LogP contribution in [0.1, 0.15) is 16.4 Å². The van der Waals surface area contributed by atoms with Gasteiger partial charge in [0.05, 0.1) is 6.54 Å². The number of carbonyl (C=O) groups excluding carboxylic acids is 1. The summed E-state index contributed by atoms with van der Waals surface area (Å²) in [5.41, 5.74) is 0. The van der Waals surface area contributed by atoms with Gasteiger partial charge in [0.25, 0.3) is 5.91 Å². The monoisotopic (exact) mass is 284 g/mol. The van der Waals surface area contributed by atoms with Crippen molar-refractivity contribution in [3.63, 3.8) is 0 Å². The molecule has 2 rings (SSSR count). The fourth-order valence-electron chi connectivity index (χ4n) is 1.15. The lowest BCUT2D eigenvalue weighted by Gasteiger charge is -1.98. The molecule has 2 aromatic heterocycles. The standard InChI is InChI=1S/C9H9BrN4O2/c1-14-5-12-8(13-14)4-11-9(15)6-2-3-7(10)16-6/h2-3,5H,4H2,1H3,(H,11,15). The third-order valence-electron chi connectivity index (χ3n) is 1.85. The molecule has 16 heavy (non-hydrogen) atoms. The van der Waals surface area contributed by atoms with Gasteiger partial charge in [-0.2, -0.15) is 5.10 Å². The van der Waals surface area contributed by atoms with Gasteiger partial charge in [-0.15, -0.1) is 0 Å². The lowest BCUT2D eigenvalue weighted by atomic mass is 10.4.